The van der Waals surface area contributed by atoms with Crippen LogP contribution in [-0.2, 0) is 9.59 Å². The van der Waals surface area contributed by atoms with E-state index in [-0.39, 0.29) is 30.3 Å². The van der Waals surface area contributed by atoms with Gasteiger partial charge in [0.05, 0.1) is 19.1 Å². The van der Waals surface area contributed by atoms with Crippen LogP contribution in [-0.4, -0.2) is 41.9 Å². The Bertz CT molecular complexity index is 618. The molecule has 1 saturated heterocycles. The molecule has 1 aromatic rings. The van der Waals surface area contributed by atoms with E-state index >= 15 is 0 Å². The Hall–Kier alpha value is -2.08. The standard InChI is InChI=1S/C20H31N3O3/c1-4-26-19-11-6-5-9-16(19)17(22-15(3)24)13-20(25)23-12-8-7-10-18(23)14(2)21/h5-6,9,11,14,17-18H,4,7-8,10,12-13,21H2,1-3H3,(H,22,24). The summed E-state index contributed by atoms with van der Waals surface area (Å²) in [7, 11) is 0. The molecule has 1 fully saturated rings. The molecule has 2 amide bonds. The fourth-order valence-corrected chi connectivity index (χ4v) is 3.64. The van der Waals surface area contributed by atoms with Crippen LogP contribution in [0.15, 0.2) is 24.3 Å². The number of piperidine rings is 1. The van der Waals surface area contributed by atoms with E-state index in [1.54, 1.807) is 0 Å². The second-order valence-electron chi connectivity index (χ2n) is 6.94. The first kappa shape index (κ1) is 20.2. The lowest BCUT2D eigenvalue weighted by atomic mass is 9.95. The summed E-state index contributed by atoms with van der Waals surface area (Å²) in [4.78, 5) is 26.7. The number of hydrogen-bond donors (Lipinski definition) is 2. The summed E-state index contributed by atoms with van der Waals surface area (Å²) in [6, 6.07) is 7.13. The average Bonchev–Trinajstić information content (AvgIpc) is 2.61. The minimum Gasteiger partial charge on any atom is -0.494 e. The highest BCUT2D eigenvalue weighted by atomic mass is 16.5. The fraction of sp³-hybridized carbons (Fsp3) is 0.600. The van der Waals surface area contributed by atoms with E-state index in [4.69, 9.17) is 10.5 Å². The number of benzene rings is 1. The molecule has 0 saturated carbocycles. The number of rotatable bonds is 7. The van der Waals surface area contributed by atoms with E-state index < -0.39 is 6.04 Å². The number of ether oxygens (including phenoxy) is 1. The summed E-state index contributed by atoms with van der Waals surface area (Å²) in [6.45, 7) is 6.58. The van der Waals surface area contributed by atoms with Gasteiger partial charge in [-0.1, -0.05) is 18.2 Å². The van der Waals surface area contributed by atoms with Crippen LogP contribution in [0.4, 0.5) is 0 Å². The van der Waals surface area contributed by atoms with Crippen molar-refractivity contribution in [2.24, 2.45) is 5.73 Å². The quantitative estimate of drug-likeness (QED) is 0.781. The van der Waals surface area contributed by atoms with Gasteiger partial charge in [-0.05, 0) is 39.2 Å². The van der Waals surface area contributed by atoms with Crippen molar-refractivity contribution in [3.8, 4) is 5.75 Å². The Morgan fingerprint density at radius 2 is 2.08 bits per heavy atom. The third-order valence-electron chi connectivity index (χ3n) is 4.83. The molecule has 26 heavy (non-hydrogen) atoms. The summed E-state index contributed by atoms with van der Waals surface area (Å²) in [5.74, 6) is 0.553. The van der Waals surface area contributed by atoms with Gasteiger partial charge < -0.3 is 20.7 Å². The molecule has 0 bridgehead atoms. The van der Waals surface area contributed by atoms with Gasteiger partial charge in [-0.25, -0.2) is 0 Å². The van der Waals surface area contributed by atoms with E-state index in [2.05, 4.69) is 5.32 Å². The van der Waals surface area contributed by atoms with E-state index in [0.717, 1.165) is 31.4 Å². The highest BCUT2D eigenvalue weighted by Gasteiger charge is 2.31. The number of carbonyl (C=O) groups is 2. The van der Waals surface area contributed by atoms with Gasteiger partial charge in [0.25, 0.3) is 0 Å². The topological polar surface area (TPSA) is 84.7 Å². The number of nitrogens with zero attached hydrogens (tertiary/aromatic N) is 1. The molecule has 6 heteroatoms. The lowest BCUT2D eigenvalue weighted by molar-refractivity contribution is -0.136. The maximum absolute atomic E-state index is 13.0. The van der Waals surface area contributed by atoms with Crippen LogP contribution in [0.5, 0.6) is 5.75 Å². The van der Waals surface area contributed by atoms with Crippen molar-refractivity contribution in [3.63, 3.8) is 0 Å². The molecule has 1 aliphatic heterocycles. The third-order valence-corrected chi connectivity index (χ3v) is 4.83. The number of hydrogen-bond acceptors (Lipinski definition) is 4. The number of likely N-dealkylation sites (tertiary alicyclic amines) is 1. The summed E-state index contributed by atoms with van der Waals surface area (Å²) in [5.41, 5.74) is 6.92. The van der Waals surface area contributed by atoms with Gasteiger partial charge in [-0.15, -0.1) is 0 Å². The highest BCUT2D eigenvalue weighted by molar-refractivity contribution is 5.80. The number of amides is 2. The van der Waals surface area contributed by atoms with E-state index in [9.17, 15) is 9.59 Å². The maximum Gasteiger partial charge on any atom is 0.225 e. The van der Waals surface area contributed by atoms with Crippen LogP contribution in [0.25, 0.3) is 0 Å². The molecule has 1 aromatic carbocycles. The van der Waals surface area contributed by atoms with Crippen LogP contribution in [0, 0.1) is 0 Å². The van der Waals surface area contributed by atoms with Crippen LogP contribution in [0.3, 0.4) is 0 Å². The molecule has 0 aliphatic carbocycles. The predicted molar refractivity (Wildman–Crippen MR) is 102 cm³/mol. The smallest absolute Gasteiger partial charge is 0.225 e. The molecule has 0 aromatic heterocycles. The Balaban J connectivity index is 2.22. The van der Waals surface area contributed by atoms with Crippen molar-refractivity contribution in [1.29, 1.82) is 0 Å². The normalized spacial score (nSPS) is 19.5. The number of para-hydroxylation sites is 1. The maximum atomic E-state index is 13.0. The second-order valence-corrected chi connectivity index (χ2v) is 6.94. The van der Waals surface area contributed by atoms with Crippen molar-refractivity contribution < 1.29 is 14.3 Å². The van der Waals surface area contributed by atoms with Crippen molar-refractivity contribution in [1.82, 2.24) is 10.2 Å². The van der Waals surface area contributed by atoms with Gasteiger partial charge in [0.2, 0.25) is 11.8 Å². The Morgan fingerprint density at radius 1 is 1.35 bits per heavy atom. The summed E-state index contributed by atoms with van der Waals surface area (Å²) in [5, 5.41) is 2.91. The largest absolute Gasteiger partial charge is 0.494 e. The van der Waals surface area contributed by atoms with E-state index in [0.29, 0.717) is 12.4 Å². The van der Waals surface area contributed by atoms with E-state index in [1.165, 1.54) is 6.92 Å². The third kappa shape index (κ3) is 5.21. The molecule has 144 valence electrons. The Kier molecular flexibility index (Phi) is 7.45. The molecule has 2 rings (SSSR count). The average molecular weight is 361 g/mol. The predicted octanol–water partition coefficient (Wildman–Crippen LogP) is 2.38. The summed E-state index contributed by atoms with van der Waals surface area (Å²) < 4.78 is 5.69. The highest BCUT2D eigenvalue weighted by Crippen LogP contribution is 2.29. The Labute approximate surface area is 156 Å². The molecule has 3 unspecified atom stereocenters. The first-order valence-electron chi connectivity index (χ1n) is 9.47. The van der Waals surface area contributed by atoms with Crippen molar-refractivity contribution in [3.05, 3.63) is 29.8 Å². The van der Waals surface area contributed by atoms with Crippen molar-refractivity contribution in [2.45, 2.75) is 64.6 Å². The van der Waals surface area contributed by atoms with E-state index in [1.807, 2.05) is 43.0 Å². The zero-order chi connectivity index (χ0) is 19.1. The minimum absolute atomic E-state index is 0.0250. The van der Waals surface area contributed by atoms with Crippen LogP contribution in [0.1, 0.15) is 58.1 Å². The molecule has 1 aliphatic rings. The SMILES string of the molecule is CCOc1ccccc1C(CC(=O)N1CCCCC1C(C)N)NC(C)=O. The monoisotopic (exact) mass is 361 g/mol. The van der Waals surface area contributed by atoms with Gasteiger partial charge in [-0.3, -0.25) is 9.59 Å². The molecule has 0 spiro atoms. The zero-order valence-electron chi connectivity index (χ0n) is 16.0. The molecule has 3 atom stereocenters. The number of carbonyl (C=O) groups excluding carboxylic acids is 2. The van der Waals surface area contributed by atoms with Gasteiger partial charge in [0.1, 0.15) is 5.75 Å². The first-order valence-corrected chi connectivity index (χ1v) is 9.47. The summed E-state index contributed by atoms with van der Waals surface area (Å²) in [6.07, 6.45) is 3.23. The minimum atomic E-state index is -0.418. The Morgan fingerprint density at radius 3 is 2.73 bits per heavy atom. The molecular weight excluding hydrogens is 330 g/mol. The van der Waals surface area contributed by atoms with Crippen molar-refractivity contribution in [2.75, 3.05) is 13.2 Å². The molecular formula is C20H31N3O3. The lowest BCUT2D eigenvalue weighted by Gasteiger charge is -2.39. The van der Waals surface area contributed by atoms with Crippen LogP contribution < -0.4 is 15.8 Å². The van der Waals surface area contributed by atoms with Gasteiger partial charge in [-0.2, -0.15) is 0 Å². The molecule has 6 nitrogen and oxygen atoms in total. The van der Waals surface area contributed by atoms with Crippen molar-refractivity contribution >= 4 is 11.8 Å². The lowest BCUT2D eigenvalue weighted by Crippen LogP contribution is -2.52. The first-order chi connectivity index (χ1) is 12.4. The fourth-order valence-electron chi connectivity index (χ4n) is 3.64. The number of nitrogens with one attached hydrogen (secondary N) is 1. The van der Waals surface area contributed by atoms with Gasteiger partial charge >= 0.3 is 0 Å². The molecule has 1 heterocycles. The second kappa shape index (κ2) is 9.57. The van der Waals surface area contributed by atoms with Crippen LogP contribution >= 0.6 is 0 Å². The summed E-state index contributed by atoms with van der Waals surface area (Å²) >= 11 is 0. The molecule has 0 radical (unpaired) electrons. The van der Waals surface area contributed by atoms with Crippen LogP contribution in [0.2, 0.25) is 0 Å². The number of nitrogens with two attached hydrogens (primary N) is 1. The zero-order valence-corrected chi connectivity index (χ0v) is 16.0. The van der Waals surface area contributed by atoms with Gasteiger partial charge in [0.15, 0.2) is 0 Å². The molecule has 3 N–H and O–H groups in total. The van der Waals surface area contributed by atoms with Gasteiger partial charge in [0, 0.05) is 31.1 Å².